The predicted molar refractivity (Wildman–Crippen MR) is 83.1 cm³/mol. The van der Waals surface area contributed by atoms with Crippen LogP contribution in [0.25, 0.3) is 16.2 Å². The molecule has 0 aliphatic carbocycles. The Morgan fingerprint density at radius 1 is 1.20 bits per heavy atom. The van der Waals surface area contributed by atoms with E-state index in [1.54, 1.807) is 0 Å². The Bertz CT molecular complexity index is 899. The van der Waals surface area contributed by atoms with Crippen LogP contribution in [0.5, 0.6) is 0 Å². The van der Waals surface area contributed by atoms with Gasteiger partial charge in [0.25, 0.3) is 10.0 Å². The van der Waals surface area contributed by atoms with Gasteiger partial charge in [-0.25, -0.2) is 18.5 Å². The van der Waals surface area contributed by atoms with Gasteiger partial charge in [-0.05, 0) is 28.1 Å². The zero-order valence-electron chi connectivity index (χ0n) is 9.62. The number of nitrogens with two attached hydrogens (primary N) is 1. The average Bonchev–Trinajstić information content (AvgIpc) is 2.91. The minimum atomic E-state index is -3.81. The zero-order chi connectivity index (χ0) is 14.5. The van der Waals surface area contributed by atoms with E-state index in [0.717, 1.165) is 21.4 Å². The Hall–Kier alpha value is -0.810. The van der Waals surface area contributed by atoms with E-state index in [2.05, 4.69) is 41.9 Å². The minimum Gasteiger partial charge on any atom is -0.223 e. The average molecular weight is 438 g/mol. The number of nitrogens with zero attached hydrogens (tertiary/aromatic N) is 3. The van der Waals surface area contributed by atoms with E-state index in [1.807, 2.05) is 24.3 Å². The van der Waals surface area contributed by atoms with Gasteiger partial charge in [0.15, 0.2) is 0 Å². The molecule has 0 atom stereocenters. The largest absolute Gasteiger partial charge is 0.267 e. The maximum atomic E-state index is 11.3. The number of sulfonamides is 1. The van der Waals surface area contributed by atoms with Crippen LogP contribution in [-0.4, -0.2) is 23.0 Å². The molecule has 104 valence electrons. The Kier molecular flexibility index (Phi) is 3.45. The molecule has 0 spiro atoms. The number of primary sulfonamides is 1. The summed E-state index contributed by atoms with van der Waals surface area (Å²) in [5.41, 5.74) is 1.59. The summed E-state index contributed by atoms with van der Waals surface area (Å²) >= 11 is 7.68. The molecule has 0 fully saturated rings. The van der Waals surface area contributed by atoms with Gasteiger partial charge in [-0.2, -0.15) is 4.52 Å². The van der Waals surface area contributed by atoms with Gasteiger partial charge in [-0.15, -0.1) is 5.10 Å². The molecule has 0 aliphatic rings. The summed E-state index contributed by atoms with van der Waals surface area (Å²) in [7, 11) is -3.81. The van der Waals surface area contributed by atoms with Crippen molar-refractivity contribution >= 4 is 58.2 Å². The van der Waals surface area contributed by atoms with Gasteiger partial charge in [0.2, 0.25) is 9.30 Å². The number of hydrogen-bond donors (Lipinski definition) is 1. The quantitative estimate of drug-likeness (QED) is 0.667. The van der Waals surface area contributed by atoms with E-state index in [-0.39, 0.29) is 4.34 Å². The molecule has 2 N–H and O–H groups in total. The molecule has 0 amide bonds. The van der Waals surface area contributed by atoms with Gasteiger partial charge in [0.1, 0.15) is 10.3 Å². The molecule has 10 heteroatoms. The fourth-order valence-corrected chi connectivity index (χ4v) is 4.08. The lowest BCUT2D eigenvalue weighted by Crippen LogP contribution is -2.12. The molecule has 0 aliphatic heterocycles. The highest BCUT2D eigenvalue weighted by molar-refractivity contribution is 9.10. The van der Waals surface area contributed by atoms with Crippen molar-refractivity contribution in [3.05, 3.63) is 33.3 Å². The highest BCUT2D eigenvalue weighted by atomic mass is 79.9. The number of benzene rings is 1. The van der Waals surface area contributed by atoms with Crippen molar-refractivity contribution in [1.82, 2.24) is 14.6 Å². The first kappa shape index (κ1) is 14.1. The maximum Gasteiger partial charge on any atom is 0.267 e. The Labute approximate surface area is 134 Å². The van der Waals surface area contributed by atoms with Gasteiger partial charge < -0.3 is 0 Å². The van der Waals surface area contributed by atoms with Crippen molar-refractivity contribution in [2.75, 3.05) is 0 Å². The normalized spacial score (nSPS) is 12.2. The van der Waals surface area contributed by atoms with Crippen molar-refractivity contribution in [1.29, 1.82) is 0 Å². The first-order valence-corrected chi connectivity index (χ1v) is 9.15. The van der Waals surface area contributed by atoms with E-state index in [9.17, 15) is 8.42 Å². The first-order chi connectivity index (χ1) is 9.36. The number of imidazole rings is 1. The third-order valence-corrected chi connectivity index (χ3v) is 5.95. The summed E-state index contributed by atoms with van der Waals surface area (Å²) in [6.07, 6.45) is 0. The number of halogens is 2. The van der Waals surface area contributed by atoms with E-state index in [4.69, 9.17) is 5.14 Å². The molecule has 3 rings (SSSR count). The maximum absolute atomic E-state index is 11.3. The summed E-state index contributed by atoms with van der Waals surface area (Å²) in [4.78, 5) is 4.84. The highest BCUT2D eigenvalue weighted by Gasteiger charge is 2.20. The van der Waals surface area contributed by atoms with Crippen LogP contribution in [-0.2, 0) is 10.0 Å². The molecule has 1 aromatic carbocycles. The topological polar surface area (TPSA) is 90.4 Å². The lowest BCUT2D eigenvalue weighted by molar-refractivity contribution is 0.595. The molecule has 0 bridgehead atoms. The molecular weight excluding hydrogens is 432 g/mol. The molecule has 0 saturated heterocycles. The van der Waals surface area contributed by atoms with Crippen molar-refractivity contribution in [3.63, 3.8) is 0 Å². The second kappa shape index (κ2) is 4.88. The lowest BCUT2D eigenvalue weighted by atomic mass is 10.2. The minimum absolute atomic E-state index is 0.164. The SMILES string of the molecule is NS(=O)(=O)c1nn2c(Br)c(-c3ccc(Br)cc3)nc2s1. The number of hydrogen-bond acceptors (Lipinski definition) is 5. The Morgan fingerprint density at radius 3 is 2.40 bits per heavy atom. The third-order valence-electron chi connectivity index (χ3n) is 2.49. The smallest absolute Gasteiger partial charge is 0.223 e. The molecule has 2 heterocycles. The van der Waals surface area contributed by atoms with Gasteiger partial charge in [-0.3, -0.25) is 0 Å². The molecule has 0 saturated carbocycles. The van der Waals surface area contributed by atoms with Crippen molar-refractivity contribution < 1.29 is 8.42 Å². The molecule has 2 aromatic heterocycles. The van der Waals surface area contributed by atoms with E-state index < -0.39 is 10.0 Å². The molecule has 0 unspecified atom stereocenters. The van der Waals surface area contributed by atoms with Gasteiger partial charge in [0.05, 0.1) is 0 Å². The summed E-state index contributed by atoms with van der Waals surface area (Å²) in [6, 6.07) is 7.61. The Morgan fingerprint density at radius 2 is 1.85 bits per heavy atom. The first-order valence-electron chi connectivity index (χ1n) is 5.20. The fraction of sp³-hybridized carbons (Fsp3) is 0. The van der Waals surface area contributed by atoms with E-state index in [1.165, 1.54) is 4.52 Å². The van der Waals surface area contributed by atoms with Crippen molar-refractivity contribution in [2.24, 2.45) is 5.14 Å². The summed E-state index contributed by atoms with van der Waals surface area (Å²) in [5, 5.41) is 9.01. The number of rotatable bonds is 2. The molecule has 6 nitrogen and oxygen atoms in total. The second-order valence-electron chi connectivity index (χ2n) is 3.87. The van der Waals surface area contributed by atoms with Crippen LogP contribution in [0.3, 0.4) is 0 Å². The Balaban J connectivity index is 2.18. The number of aromatic nitrogens is 3. The predicted octanol–water partition coefficient (Wildman–Crippen LogP) is 2.63. The summed E-state index contributed by atoms with van der Waals surface area (Å²) in [6.45, 7) is 0. The van der Waals surface area contributed by atoms with E-state index in [0.29, 0.717) is 15.3 Å². The van der Waals surface area contributed by atoms with Crippen LogP contribution < -0.4 is 5.14 Å². The second-order valence-corrected chi connectivity index (χ2v) is 8.22. The fourth-order valence-electron chi connectivity index (χ4n) is 1.61. The van der Waals surface area contributed by atoms with Crippen LogP contribution in [0.4, 0.5) is 0 Å². The highest BCUT2D eigenvalue weighted by Crippen LogP contribution is 2.32. The lowest BCUT2D eigenvalue weighted by Gasteiger charge is -1.98. The summed E-state index contributed by atoms with van der Waals surface area (Å²) < 4.78 is 25.3. The van der Waals surface area contributed by atoms with Gasteiger partial charge in [0, 0.05) is 10.0 Å². The monoisotopic (exact) mass is 436 g/mol. The number of fused-ring (bicyclic) bond motifs is 1. The van der Waals surface area contributed by atoms with Gasteiger partial charge >= 0.3 is 0 Å². The molecule has 0 radical (unpaired) electrons. The molecule has 3 aromatic rings. The van der Waals surface area contributed by atoms with Crippen LogP contribution >= 0.6 is 43.2 Å². The van der Waals surface area contributed by atoms with Crippen LogP contribution in [0.2, 0.25) is 0 Å². The van der Waals surface area contributed by atoms with Gasteiger partial charge in [-0.1, -0.05) is 39.4 Å². The van der Waals surface area contributed by atoms with Crippen LogP contribution in [0, 0.1) is 0 Å². The third kappa shape index (κ3) is 2.42. The van der Waals surface area contributed by atoms with Crippen molar-refractivity contribution in [3.8, 4) is 11.3 Å². The summed E-state index contributed by atoms with van der Waals surface area (Å²) in [5.74, 6) is 0. The molecule has 20 heavy (non-hydrogen) atoms. The van der Waals surface area contributed by atoms with Crippen LogP contribution in [0.15, 0.2) is 37.7 Å². The van der Waals surface area contributed by atoms with Crippen molar-refractivity contribution in [2.45, 2.75) is 4.34 Å². The van der Waals surface area contributed by atoms with Crippen LogP contribution in [0.1, 0.15) is 0 Å². The molecular formula is C10H6Br2N4O2S2. The standard InChI is InChI=1S/C10H6Br2N4O2S2/c11-6-3-1-5(2-4-6)7-8(12)16-9(14-7)19-10(15-16)20(13,17)18/h1-4H,(H2,13,17,18). The zero-order valence-corrected chi connectivity index (χ0v) is 14.4. The van der Waals surface area contributed by atoms with E-state index >= 15 is 0 Å².